The van der Waals surface area contributed by atoms with Gasteiger partial charge in [0.05, 0.1) is 5.41 Å². The zero-order valence-corrected chi connectivity index (χ0v) is 13.6. The van der Waals surface area contributed by atoms with Gasteiger partial charge in [-0.3, -0.25) is 9.59 Å². The Labute approximate surface area is 128 Å². The number of amides is 1. The zero-order chi connectivity index (χ0) is 15.7. The van der Waals surface area contributed by atoms with Gasteiger partial charge in [0.2, 0.25) is 5.91 Å². The van der Waals surface area contributed by atoms with Crippen LogP contribution in [0.15, 0.2) is 0 Å². The SMILES string of the molecule is CCCCC(CCC)NC(=O)CC1(C(=O)O)CCCCC1. The summed E-state index contributed by atoms with van der Waals surface area (Å²) in [7, 11) is 0. The molecule has 0 aromatic rings. The van der Waals surface area contributed by atoms with Gasteiger partial charge in [-0.1, -0.05) is 52.4 Å². The van der Waals surface area contributed by atoms with Crippen molar-refractivity contribution in [1.82, 2.24) is 5.32 Å². The lowest BCUT2D eigenvalue weighted by molar-refractivity contribution is -0.154. The van der Waals surface area contributed by atoms with Crippen molar-refractivity contribution in [3.8, 4) is 0 Å². The monoisotopic (exact) mass is 297 g/mol. The number of nitrogens with one attached hydrogen (secondary N) is 1. The van der Waals surface area contributed by atoms with Crippen molar-refractivity contribution in [2.45, 2.75) is 90.5 Å². The van der Waals surface area contributed by atoms with Crippen LogP contribution in [0.25, 0.3) is 0 Å². The molecule has 1 amide bonds. The van der Waals surface area contributed by atoms with Gasteiger partial charge in [-0.15, -0.1) is 0 Å². The van der Waals surface area contributed by atoms with E-state index in [9.17, 15) is 14.7 Å². The minimum atomic E-state index is -0.816. The highest BCUT2D eigenvalue weighted by atomic mass is 16.4. The molecule has 2 N–H and O–H groups in total. The smallest absolute Gasteiger partial charge is 0.310 e. The quantitative estimate of drug-likeness (QED) is 0.678. The zero-order valence-electron chi connectivity index (χ0n) is 13.6. The van der Waals surface area contributed by atoms with E-state index in [-0.39, 0.29) is 18.4 Å². The number of carbonyl (C=O) groups is 2. The fourth-order valence-corrected chi connectivity index (χ4v) is 3.37. The molecule has 1 atom stereocenters. The van der Waals surface area contributed by atoms with E-state index < -0.39 is 11.4 Å². The second-order valence-electron chi connectivity index (χ2n) is 6.52. The van der Waals surface area contributed by atoms with Gasteiger partial charge >= 0.3 is 5.97 Å². The van der Waals surface area contributed by atoms with Gasteiger partial charge in [-0.25, -0.2) is 0 Å². The first kappa shape index (κ1) is 18.0. The van der Waals surface area contributed by atoms with Crippen molar-refractivity contribution in [1.29, 1.82) is 0 Å². The minimum Gasteiger partial charge on any atom is -0.481 e. The summed E-state index contributed by atoms with van der Waals surface area (Å²) >= 11 is 0. The second kappa shape index (κ2) is 9.06. The molecule has 4 heteroatoms. The van der Waals surface area contributed by atoms with Crippen LogP contribution in [0.5, 0.6) is 0 Å². The van der Waals surface area contributed by atoms with Gasteiger partial charge in [0.25, 0.3) is 0 Å². The van der Waals surface area contributed by atoms with Gasteiger partial charge in [0.1, 0.15) is 0 Å². The Morgan fingerprint density at radius 2 is 1.76 bits per heavy atom. The summed E-state index contributed by atoms with van der Waals surface area (Å²) in [6, 6.07) is 0.205. The van der Waals surface area contributed by atoms with E-state index in [0.29, 0.717) is 12.8 Å². The molecule has 0 spiro atoms. The number of hydrogen-bond acceptors (Lipinski definition) is 2. The Morgan fingerprint density at radius 1 is 1.10 bits per heavy atom. The van der Waals surface area contributed by atoms with Crippen molar-refractivity contribution in [3.63, 3.8) is 0 Å². The van der Waals surface area contributed by atoms with Crippen molar-refractivity contribution < 1.29 is 14.7 Å². The van der Waals surface area contributed by atoms with Crippen molar-refractivity contribution in [2.75, 3.05) is 0 Å². The summed E-state index contributed by atoms with van der Waals surface area (Å²) in [5.74, 6) is -0.869. The minimum absolute atomic E-state index is 0.0751. The Hall–Kier alpha value is -1.06. The predicted octanol–water partition coefficient (Wildman–Crippen LogP) is 3.89. The van der Waals surface area contributed by atoms with Crippen LogP contribution in [-0.4, -0.2) is 23.0 Å². The lowest BCUT2D eigenvalue weighted by atomic mass is 9.71. The highest BCUT2D eigenvalue weighted by Crippen LogP contribution is 2.39. The largest absolute Gasteiger partial charge is 0.481 e. The fourth-order valence-electron chi connectivity index (χ4n) is 3.37. The maximum Gasteiger partial charge on any atom is 0.310 e. The molecule has 122 valence electrons. The molecule has 1 aliphatic rings. The molecule has 0 saturated heterocycles. The number of rotatable bonds is 9. The maximum absolute atomic E-state index is 12.3. The highest BCUT2D eigenvalue weighted by Gasteiger charge is 2.41. The molecule has 0 radical (unpaired) electrons. The molecule has 1 aliphatic carbocycles. The third kappa shape index (κ3) is 5.68. The van der Waals surface area contributed by atoms with E-state index in [1.165, 1.54) is 0 Å². The number of hydrogen-bond donors (Lipinski definition) is 2. The van der Waals surface area contributed by atoms with Crippen molar-refractivity contribution in [2.24, 2.45) is 5.41 Å². The van der Waals surface area contributed by atoms with Crippen LogP contribution >= 0.6 is 0 Å². The lowest BCUT2D eigenvalue weighted by Crippen LogP contribution is -2.42. The summed E-state index contributed by atoms with van der Waals surface area (Å²) < 4.78 is 0. The van der Waals surface area contributed by atoms with E-state index in [2.05, 4.69) is 19.2 Å². The number of carboxylic acids is 1. The van der Waals surface area contributed by atoms with Crippen LogP contribution in [0.3, 0.4) is 0 Å². The number of carbonyl (C=O) groups excluding carboxylic acids is 1. The van der Waals surface area contributed by atoms with Crippen LogP contribution < -0.4 is 5.32 Å². The van der Waals surface area contributed by atoms with E-state index in [4.69, 9.17) is 0 Å². The van der Waals surface area contributed by atoms with Crippen molar-refractivity contribution >= 4 is 11.9 Å². The van der Waals surface area contributed by atoms with Gasteiger partial charge in [-0.2, -0.15) is 0 Å². The van der Waals surface area contributed by atoms with Crippen LogP contribution in [-0.2, 0) is 9.59 Å². The molecule has 1 unspecified atom stereocenters. The Balaban J connectivity index is 2.57. The molecular weight excluding hydrogens is 266 g/mol. The molecule has 1 fully saturated rings. The van der Waals surface area contributed by atoms with Crippen LogP contribution in [0.2, 0.25) is 0 Å². The standard InChI is InChI=1S/C17H31NO3/c1-3-5-10-14(9-4-2)18-15(19)13-17(16(20)21)11-7-6-8-12-17/h14H,3-13H2,1-2H3,(H,18,19)(H,20,21). The lowest BCUT2D eigenvalue weighted by Gasteiger charge is -2.33. The molecule has 0 aliphatic heterocycles. The van der Waals surface area contributed by atoms with Crippen LogP contribution in [0.4, 0.5) is 0 Å². The van der Waals surface area contributed by atoms with E-state index >= 15 is 0 Å². The van der Waals surface area contributed by atoms with Crippen LogP contribution in [0.1, 0.15) is 84.5 Å². The Kier molecular flexibility index (Phi) is 7.76. The van der Waals surface area contributed by atoms with Crippen molar-refractivity contribution in [3.05, 3.63) is 0 Å². The van der Waals surface area contributed by atoms with Gasteiger partial charge in [0.15, 0.2) is 0 Å². The molecule has 21 heavy (non-hydrogen) atoms. The number of carboxylic acid groups (broad SMARTS) is 1. The Bertz CT molecular complexity index is 335. The first-order valence-corrected chi connectivity index (χ1v) is 8.57. The molecular formula is C17H31NO3. The summed E-state index contributed by atoms with van der Waals surface area (Å²) in [5, 5.41) is 12.6. The molecule has 0 heterocycles. The summed E-state index contributed by atoms with van der Waals surface area (Å²) in [4.78, 5) is 23.9. The first-order valence-electron chi connectivity index (χ1n) is 8.57. The fraction of sp³-hybridized carbons (Fsp3) is 0.882. The number of unbranched alkanes of at least 4 members (excludes halogenated alkanes) is 1. The van der Waals surface area contributed by atoms with Gasteiger partial charge < -0.3 is 10.4 Å². The van der Waals surface area contributed by atoms with Gasteiger partial charge in [-0.05, 0) is 25.7 Å². The third-order valence-corrected chi connectivity index (χ3v) is 4.67. The highest BCUT2D eigenvalue weighted by molar-refractivity contribution is 5.85. The molecule has 0 bridgehead atoms. The van der Waals surface area contributed by atoms with Gasteiger partial charge in [0, 0.05) is 12.5 Å². The maximum atomic E-state index is 12.3. The molecule has 0 aromatic heterocycles. The molecule has 1 rings (SSSR count). The normalized spacial score (nSPS) is 19.0. The average Bonchev–Trinajstić information content (AvgIpc) is 2.45. The molecule has 1 saturated carbocycles. The molecule has 4 nitrogen and oxygen atoms in total. The summed E-state index contributed by atoms with van der Waals surface area (Å²) in [6.45, 7) is 4.26. The summed E-state index contributed by atoms with van der Waals surface area (Å²) in [5.41, 5.74) is -0.816. The predicted molar refractivity (Wildman–Crippen MR) is 84.1 cm³/mol. The first-order chi connectivity index (χ1) is 10.0. The molecule has 0 aromatic carbocycles. The van der Waals surface area contributed by atoms with E-state index in [1.807, 2.05) is 0 Å². The topological polar surface area (TPSA) is 66.4 Å². The Morgan fingerprint density at radius 3 is 2.29 bits per heavy atom. The van der Waals surface area contributed by atoms with Crippen LogP contribution in [0, 0.1) is 5.41 Å². The van der Waals surface area contributed by atoms with E-state index in [0.717, 1.165) is 51.4 Å². The average molecular weight is 297 g/mol. The summed E-state index contributed by atoms with van der Waals surface area (Å²) in [6.07, 6.45) is 9.61. The number of aliphatic carboxylic acids is 1. The third-order valence-electron chi connectivity index (χ3n) is 4.67. The second-order valence-corrected chi connectivity index (χ2v) is 6.52. The van der Waals surface area contributed by atoms with E-state index in [1.54, 1.807) is 0 Å².